The zero-order chi connectivity index (χ0) is 11.2. The van der Waals surface area contributed by atoms with Crippen molar-refractivity contribution in [2.45, 2.75) is 13.3 Å². The summed E-state index contributed by atoms with van der Waals surface area (Å²) in [6.07, 6.45) is 5.33. The van der Waals surface area contributed by atoms with E-state index in [0.29, 0.717) is 13.3 Å². The maximum Gasteiger partial charge on any atom is 0.124 e. The van der Waals surface area contributed by atoms with Crippen LogP contribution in [0.4, 0.5) is 0 Å². The van der Waals surface area contributed by atoms with Gasteiger partial charge in [-0.05, 0) is 17.7 Å². The molecule has 0 spiro atoms. The van der Waals surface area contributed by atoms with Crippen LogP contribution in [0.2, 0.25) is 0 Å². The van der Waals surface area contributed by atoms with Crippen LogP contribution in [0.15, 0.2) is 43.0 Å². The van der Waals surface area contributed by atoms with Crippen molar-refractivity contribution in [2.24, 2.45) is 0 Å². The number of ether oxygens (including phenoxy) is 2. The number of nitrogens with zero attached hydrogens (tertiary/aromatic N) is 2. The van der Waals surface area contributed by atoms with E-state index in [-0.39, 0.29) is 0 Å². The Balaban J connectivity index is 1.81. The molecule has 0 bridgehead atoms. The third-order valence-electron chi connectivity index (χ3n) is 2.23. The minimum atomic E-state index is 0.520. The van der Waals surface area contributed by atoms with Crippen molar-refractivity contribution in [1.82, 2.24) is 9.55 Å². The van der Waals surface area contributed by atoms with Crippen LogP contribution in [-0.2, 0) is 18.1 Å². The molecule has 0 atom stereocenters. The molecule has 0 aliphatic carbocycles. The molecule has 0 aliphatic heterocycles. The number of aromatic nitrogens is 2. The molecule has 0 radical (unpaired) electrons. The molecule has 1 heterocycles. The molecule has 0 aliphatic rings. The maximum absolute atomic E-state index is 5.52. The van der Waals surface area contributed by atoms with E-state index < -0.39 is 0 Å². The molecule has 0 amide bonds. The van der Waals surface area contributed by atoms with E-state index >= 15 is 0 Å². The van der Waals surface area contributed by atoms with E-state index in [1.165, 1.54) is 0 Å². The Morgan fingerprint density at radius 2 is 2.06 bits per heavy atom. The molecule has 0 N–H and O–H groups in total. The quantitative estimate of drug-likeness (QED) is 0.770. The van der Waals surface area contributed by atoms with Crippen LogP contribution >= 0.6 is 0 Å². The number of methoxy groups -OCH3 is 1. The second-order valence-corrected chi connectivity index (χ2v) is 3.40. The number of hydrogen-bond acceptors (Lipinski definition) is 3. The highest BCUT2D eigenvalue weighted by Gasteiger charge is 1.95. The first-order chi connectivity index (χ1) is 7.88. The second-order valence-electron chi connectivity index (χ2n) is 3.40. The summed E-state index contributed by atoms with van der Waals surface area (Å²) in [5.41, 5.74) is 1.13. The van der Waals surface area contributed by atoms with Crippen molar-refractivity contribution in [3.8, 4) is 5.75 Å². The zero-order valence-electron chi connectivity index (χ0n) is 9.17. The van der Waals surface area contributed by atoms with Crippen LogP contribution in [-0.4, -0.2) is 16.7 Å². The minimum Gasteiger partial charge on any atom is -0.497 e. The van der Waals surface area contributed by atoms with Gasteiger partial charge in [-0.3, -0.25) is 0 Å². The largest absolute Gasteiger partial charge is 0.497 e. The number of benzene rings is 1. The molecule has 0 fully saturated rings. The van der Waals surface area contributed by atoms with Gasteiger partial charge in [0.25, 0.3) is 0 Å². The first-order valence-electron chi connectivity index (χ1n) is 5.05. The highest BCUT2D eigenvalue weighted by molar-refractivity contribution is 5.26. The summed E-state index contributed by atoms with van der Waals surface area (Å²) >= 11 is 0. The molecule has 2 aromatic rings. The molecule has 16 heavy (non-hydrogen) atoms. The van der Waals surface area contributed by atoms with E-state index in [1.807, 2.05) is 35.0 Å². The monoisotopic (exact) mass is 218 g/mol. The van der Waals surface area contributed by atoms with Crippen LogP contribution in [0.1, 0.15) is 5.56 Å². The average Bonchev–Trinajstić information content (AvgIpc) is 2.83. The van der Waals surface area contributed by atoms with Crippen LogP contribution in [0, 0.1) is 0 Å². The minimum absolute atomic E-state index is 0.520. The van der Waals surface area contributed by atoms with Gasteiger partial charge >= 0.3 is 0 Å². The molecule has 4 nitrogen and oxygen atoms in total. The normalized spacial score (nSPS) is 10.3. The molecule has 1 aromatic heterocycles. The lowest BCUT2D eigenvalue weighted by Gasteiger charge is -2.05. The van der Waals surface area contributed by atoms with E-state index in [4.69, 9.17) is 9.47 Å². The second kappa shape index (κ2) is 5.32. The Morgan fingerprint density at radius 3 is 2.69 bits per heavy atom. The smallest absolute Gasteiger partial charge is 0.124 e. The predicted molar refractivity (Wildman–Crippen MR) is 60.0 cm³/mol. The average molecular weight is 218 g/mol. The Bertz CT molecular complexity index is 409. The molecular weight excluding hydrogens is 204 g/mol. The maximum atomic E-state index is 5.52. The zero-order valence-corrected chi connectivity index (χ0v) is 9.17. The molecule has 0 saturated carbocycles. The Hall–Kier alpha value is -1.81. The van der Waals surface area contributed by atoms with Crippen molar-refractivity contribution >= 4 is 0 Å². The van der Waals surface area contributed by atoms with Gasteiger partial charge in [0.2, 0.25) is 0 Å². The highest BCUT2D eigenvalue weighted by atomic mass is 16.5. The fraction of sp³-hybridized carbons (Fsp3) is 0.250. The van der Waals surface area contributed by atoms with Gasteiger partial charge in [-0.1, -0.05) is 12.1 Å². The van der Waals surface area contributed by atoms with E-state index in [2.05, 4.69) is 4.98 Å². The molecule has 1 aromatic carbocycles. The van der Waals surface area contributed by atoms with Gasteiger partial charge in [0, 0.05) is 12.4 Å². The predicted octanol–water partition coefficient (Wildman–Crippen LogP) is 2.07. The lowest BCUT2D eigenvalue weighted by atomic mass is 10.2. The van der Waals surface area contributed by atoms with Crippen LogP contribution in [0.3, 0.4) is 0 Å². The van der Waals surface area contributed by atoms with E-state index in [9.17, 15) is 0 Å². The van der Waals surface area contributed by atoms with Crippen molar-refractivity contribution in [3.63, 3.8) is 0 Å². The SMILES string of the molecule is COc1ccc(COCn2ccnc2)cc1. The molecule has 0 saturated heterocycles. The van der Waals surface area contributed by atoms with Gasteiger partial charge in [0.1, 0.15) is 12.5 Å². The van der Waals surface area contributed by atoms with Crippen molar-refractivity contribution in [3.05, 3.63) is 48.5 Å². The summed E-state index contributed by atoms with van der Waals surface area (Å²) in [7, 11) is 1.66. The fourth-order valence-electron chi connectivity index (χ4n) is 1.35. The summed E-state index contributed by atoms with van der Waals surface area (Å²) in [5.74, 6) is 0.860. The van der Waals surface area contributed by atoms with Gasteiger partial charge in [-0.2, -0.15) is 0 Å². The standard InChI is InChI=1S/C12H14N2O2/c1-15-12-4-2-11(3-5-12)8-16-10-14-7-6-13-9-14/h2-7,9H,8,10H2,1H3. The van der Waals surface area contributed by atoms with Gasteiger partial charge < -0.3 is 14.0 Å². The van der Waals surface area contributed by atoms with Gasteiger partial charge in [0.15, 0.2) is 0 Å². The Morgan fingerprint density at radius 1 is 1.25 bits per heavy atom. The molecule has 84 valence electrons. The van der Waals surface area contributed by atoms with Gasteiger partial charge in [-0.15, -0.1) is 0 Å². The number of hydrogen-bond donors (Lipinski definition) is 0. The molecule has 0 unspecified atom stereocenters. The summed E-state index contributed by atoms with van der Waals surface area (Å²) in [5, 5.41) is 0. The number of imidazole rings is 1. The molecule has 2 rings (SSSR count). The summed E-state index contributed by atoms with van der Waals surface area (Å²) in [4.78, 5) is 3.94. The summed E-state index contributed by atoms with van der Waals surface area (Å²) in [6, 6.07) is 7.84. The summed E-state index contributed by atoms with van der Waals surface area (Å²) in [6.45, 7) is 1.11. The number of rotatable bonds is 5. The first-order valence-corrected chi connectivity index (χ1v) is 5.05. The Kier molecular flexibility index (Phi) is 3.56. The Labute approximate surface area is 94.4 Å². The first kappa shape index (κ1) is 10.7. The third-order valence-corrected chi connectivity index (χ3v) is 2.23. The van der Waals surface area contributed by atoms with Gasteiger partial charge in [-0.25, -0.2) is 4.98 Å². The topological polar surface area (TPSA) is 36.3 Å². The molecular formula is C12H14N2O2. The fourth-order valence-corrected chi connectivity index (χ4v) is 1.35. The lowest BCUT2D eigenvalue weighted by Crippen LogP contribution is -2.00. The van der Waals surface area contributed by atoms with Crippen molar-refractivity contribution in [1.29, 1.82) is 0 Å². The summed E-state index contributed by atoms with van der Waals surface area (Å²) < 4.78 is 12.5. The van der Waals surface area contributed by atoms with Crippen LogP contribution < -0.4 is 4.74 Å². The molecule has 4 heteroatoms. The third kappa shape index (κ3) is 2.84. The van der Waals surface area contributed by atoms with Crippen molar-refractivity contribution in [2.75, 3.05) is 7.11 Å². The van der Waals surface area contributed by atoms with Crippen molar-refractivity contribution < 1.29 is 9.47 Å². The highest BCUT2D eigenvalue weighted by Crippen LogP contribution is 2.11. The van der Waals surface area contributed by atoms with Crippen LogP contribution in [0.5, 0.6) is 5.75 Å². The van der Waals surface area contributed by atoms with Gasteiger partial charge in [0.05, 0.1) is 20.0 Å². The van der Waals surface area contributed by atoms with Crippen LogP contribution in [0.25, 0.3) is 0 Å². The van der Waals surface area contributed by atoms with E-state index in [1.54, 1.807) is 19.6 Å². The van der Waals surface area contributed by atoms with E-state index in [0.717, 1.165) is 11.3 Å². The lowest BCUT2D eigenvalue weighted by molar-refractivity contribution is 0.0639.